The summed E-state index contributed by atoms with van der Waals surface area (Å²) in [5.41, 5.74) is 6.07. The molecular formula is C28H30F3N9O3. The largest absolute Gasteiger partial charge is 0.444 e. The third kappa shape index (κ3) is 7.55. The lowest BCUT2D eigenvalue weighted by atomic mass is 10.00. The molecule has 3 aromatic heterocycles. The summed E-state index contributed by atoms with van der Waals surface area (Å²) in [5.74, 6) is -4.69. The molecule has 5 N–H and O–H groups in total. The van der Waals surface area contributed by atoms with Gasteiger partial charge >= 0.3 is 6.09 Å². The van der Waals surface area contributed by atoms with Crippen LogP contribution in [0.4, 0.5) is 35.3 Å². The normalized spacial score (nSPS) is 12.7. The lowest BCUT2D eigenvalue weighted by Gasteiger charge is -2.29. The first-order valence-electron chi connectivity index (χ1n) is 13.0. The topological polar surface area (TPSA) is 162 Å². The summed E-state index contributed by atoms with van der Waals surface area (Å²) in [6.07, 6.45) is 3.66. The summed E-state index contributed by atoms with van der Waals surface area (Å²) in [6, 6.07) is 3.71. The van der Waals surface area contributed by atoms with Gasteiger partial charge in [-0.05, 0) is 64.4 Å². The maximum Gasteiger partial charge on any atom is 0.407 e. The lowest BCUT2D eigenvalue weighted by molar-refractivity contribution is 0.0503. The smallest absolute Gasteiger partial charge is 0.407 e. The van der Waals surface area contributed by atoms with Gasteiger partial charge in [0.05, 0.1) is 47.6 Å². The fourth-order valence-electron chi connectivity index (χ4n) is 4.07. The Morgan fingerprint density at radius 3 is 2.33 bits per heavy atom. The molecule has 0 bridgehead atoms. The van der Waals surface area contributed by atoms with Crippen molar-refractivity contribution in [2.45, 2.75) is 52.3 Å². The van der Waals surface area contributed by atoms with E-state index >= 15 is 4.39 Å². The van der Waals surface area contributed by atoms with Crippen molar-refractivity contribution in [3.63, 3.8) is 0 Å². The quantitative estimate of drug-likeness (QED) is 0.214. The molecule has 226 valence electrons. The molecule has 4 rings (SSSR count). The number of carbonyl (C=O) groups excluding carboxylic acids is 2. The van der Waals surface area contributed by atoms with Crippen LogP contribution in [0, 0.1) is 24.4 Å². The van der Waals surface area contributed by atoms with Crippen LogP contribution in [0.1, 0.15) is 55.4 Å². The summed E-state index contributed by atoms with van der Waals surface area (Å²) in [5, 5.41) is 16.6. The Bertz CT molecular complexity index is 1640. The second kappa shape index (κ2) is 12.3. The van der Waals surface area contributed by atoms with E-state index in [-0.39, 0.29) is 22.8 Å². The summed E-state index contributed by atoms with van der Waals surface area (Å²) in [7, 11) is 0. The van der Waals surface area contributed by atoms with Crippen LogP contribution in [0.15, 0.2) is 48.9 Å². The van der Waals surface area contributed by atoms with Gasteiger partial charge in [-0.3, -0.25) is 9.78 Å². The number of benzene rings is 1. The molecule has 12 nitrogen and oxygen atoms in total. The van der Waals surface area contributed by atoms with Gasteiger partial charge in [0, 0.05) is 0 Å². The fourth-order valence-corrected chi connectivity index (χ4v) is 4.07. The molecule has 0 aliphatic carbocycles. The van der Waals surface area contributed by atoms with Crippen molar-refractivity contribution in [2.24, 2.45) is 5.73 Å². The van der Waals surface area contributed by atoms with E-state index in [4.69, 9.17) is 10.5 Å². The number of aryl methyl sites for hydroxylation is 1. The zero-order chi connectivity index (χ0) is 31.5. The van der Waals surface area contributed by atoms with Crippen molar-refractivity contribution in [3.05, 3.63) is 83.2 Å². The number of nitrogens with zero attached hydrogens (tertiary/aromatic N) is 5. The number of hydrogen-bond donors (Lipinski definition) is 4. The van der Waals surface area contributed by atoms with Crippen molar-refractivity contribution in [1.82, 2.24) is 30.3 Å². The van der Waals surface area contributed by atoms with Crippen LogP contribution in [0.5, 0.6) is 0 Å². The van der Waals surface area contributed by atoms with Crippen molar-refractivity contribution < 1.29 is 27.5 Å². The van der Waals surface area contributed by atoms with Gasteiger partial charge in [-0.25, -0.2) is 22.9 Å². The summed E-state index contributed by atoms with van der Waals surface area (Å²) in [6.45, 7) is 8.33. The van der Waals surface area contributed by atoms with Crippen LogP contribution in [0.25, 0.3) is 5.69 Å². The molecule has 0 aliphatic rings. The van der Waals surface area contributed by atoms with E-state index in [1.165, 1.54) is 29.5 Å². The molecule has 2 atom stereocenters. The number of primary amides is 1. The fraction of sp³-hybridized carbons (Fsp3) is 0.286. The Balaban J connectivity index is 1.72. The van der Waals surface area contributed by atoms with Crippen LogP contribution in [-0.4, -0.2) is 48.6 Å². The Labute approximate surface area is 244 Å². The molecule has 0 fully saturated rings. The Kier molecular flexibility index (Phi) is 8.82. The molecule has 15 heteroatoms. The molecule has 3 heterocycles. The number of rotatable bonds is 9. The number of nitrogens with two attached hydrogens (primary N) is 1. The molecule has 0 aliphatic heterocycles. The average molecular weight is 598 g/mol. The number of halogens is 3. The van der Waals surface area contributed by atoms with E-state index in [1.807, 2.05) is 0 Å². The molecule has 0 unspecified atom stereocenters. The highest BCUT2D eigenvalue weighted by Crippen LogP contribution is 2.29. The summed E-state index contributed by atoms with van der Waals surface area (Å²) in [4.78, 5) is 34.6. The first-order chi connectivity index (χ1) is 20.2. The first-order valence-corrected chi connectivity index (χ1v) is 13.0. The van der Waals surface area contributed by atoms with Gasteiger partial charge in [-0.1, -0.05) is 6.07 Å². The van der Waals surface area contributed by atoms with Gasteiger partial charge in [0.1, 0.15) is 17.1 Å². The predicted molar refractivity (Wildman–Crippen MR) is 151 cm³/mol. The molecule has 4 aromatic rings. The number of hydrogen-bond acceptors (Lipinski definition) is 9. The van der Waals surface area contributed by atoms with Gasteiger partial charge in [-0.15, -0.1) is 4.80 Å². The number of amides is 2. The van der Waals surface area contributed by atoms with Gasteiger partial charge in [0.15, 0.2) is 23.3 Å². The van der Waals surface area contributed by atoms with Crippen molar-refractivity contribution >= 4 is 29.3 Å². The minimum absolute atomic E-state index is 0.127. The van der Waals surface area contributed by atoms with E-state index in [0.717, 1.165) is 18.2 Å². The van der Waals surface area contributed by atoms with E-state index < -0.39 is 47.1 Å². The van der Waals surface area contributed by atoms with Gasteiger partial charge in [0.25, 0.3) is 5.91 Å². The van der Waals surface area contributed by atoms with Crippen molar-refractivity contribution in [3.8, 4) is 5.69 Å². The maximum absolute atomic E-state index is 15.4. The molecule has 0 radical (unpaired) electrons. The number of pyridine rings is 2. The molecule has 2 amide bonds. The highest BCUT2D eigenvalue weighted by Gasteiger charge is 2.27. The van der Waals surface area contributed by atoms with E-state index in [2.05, 4.69) is 36.1 Å². The Hall–Kier alpha value is -5.21. The summed E-state index contributed by atoms with van der Waals surface area (Å²) < 4.78 is 48.6. The zero-order valence-corrected chi connectivity index (χ0v) is 23.9. The minimum Gasteiger partial charge on any atom is -0.444 e. The highest BCUT2D eigenvalue weighted by molar-refractivity contribution is 5.98. The third-order valence-corrected chi connectivity index (χ3v) is 6.04. The standard InChI is InChI=1S/C28H30F3N9O3/c1-14-22(40-34-8-9-35-40)11-17(13-33-14)37-25-18(24(32)41)12-21(31)26(39-25)38-23(16-6-7-19(29)20(30)10-16)15(2)36-27(42)43-28(3,4)5/h6-13,15,23H,1-5H3,(H2,32,41)(H,36,42)(H2,37,38,39)/t15-,23-/m0/s1. The van der Waals surface area contributed by atoms with Crippen molar-refractivity contribution in [1.29, 1.82) is 0 Å². The zero-order valence-electron chi connectivity index (χ0n) is 23.9. The number of carbonyl (C=O) groups is 2. The van der Waals surface area contributed by atoms with E-state index in [1.54, 1.807) is 40.7 Å². The number of aromatic nitrogens is 5. The molecule has 0 saturated carbocycles. The number of alkyl carbamates (subject to hydrolysis) is 1. The first kappa shape index (κ1) is 30.7. The molecule has 43 heavy (non-hydrogen) atoms. The molecule has 0 spiro atoms. The molecular weight excluding hydrogens is 567 g/mol. The van der Waals surface area contributed by atoms with Crippen LogP contribution < -0.4 is 21.7 Å². The van der Waals surface area contributed by atoms with Gasteiger partial charge in [-0.2, -0.15) is 10.2 Å². The van der Waals surface area contributed by atoms with Crippen LogP contribution in [0.2, 0.25) is 0 Å². The van der Waals surface area contributed by atoms with Crippen LogP contribution in [-0.2, 0) is 4.74 Å². The second-order valence-corrected chi connectivity index (χ2v) is 10.6. The van der Waals surface area contributed by atoms with Crippen LogP contribution in [0.3, 0.4) is 0 Å². The van der Waals surface area contributed by atoms with Gasteiger partial charge < -0.3 is 26.4 Å². The highest BCUT2D eigenvalue weighted by atomic mass is 19.2. The van der Waals surface area contributed by atoms with Crippen molar-refractivity contribution in [2.75, 3.05) is 10.6 Å². The van der Waals surface area contributed by atoms with E-state index in [0.29, 0.717) is 17.1 Å². The summed E-state index contributed by atoms with van der Waals surface area (Å²) >= 11 is 0. The number of anilines is 3. The second-order valence-electron chi connectivity index (χ2n) is 10.6. The molecule has 0 saturated heterocycles. The SMILES string of the molecule is Cc1ncc(Nc2nc(N[C@H](c3ccc(F)c(F)c3)[C@H](C)NC(=O)OC(C)(C)C)c(F)cc2C(N)=O)cc1-n1nccn1. The molecule has 1 aromatic carbocycles. The monoisotopic (exact) mass is 597 g/mol. The number of ether oxygens (including phenoxy) is 1. The lowest BCUT2D eigenvalue weighted by Crippen LogP contribution is -2.42. The Morgan fingerprint density at radius 1 is 1.00 bits per heavy atom. The predicted octanol–water partition coefficient (Wildman–Crippen LogP) is 4.69. The average Bonchev–Trinajstić information content (AvgIpc) is 3.45. The van der Waals surface area contributed by atoms with E-state index in [9.17, 15) is 18.4 Å². The third-order valence-electron chi connectivity index (χ3n) is 6.04. The van der Waals surface area contributed by atoms with Crippen LogP contribution >= 0.6 is 0 Å². The Morgan fingerprint density at radius 2 is 1.70 bits per heavy atom. The minimum atomic E-state index is -1.15. The van der Waals surface area contributed by atoms with Gasteiger partial charge in [0.2, 0.25) is 0 Å². The number of nitrogens with one attached hydrogen (secondary N) is 3. The maximum atomic E-state index is 15.4.